The Morgan fingerprint density at radius 2 is 2.16 bits per heavy atom. The molecule has 1 aromatic rings. The van der Waals surface area contributed by atoms with E-state index in [4.69, 9.17) is 4.74 Å². The van der Waals surface area contributed by atoms with Crippen molar-refractivity contribution in [3.63, 3.8) is 0 Å². The van der Waals surface area contributed by atoms with Crippen molar-refractivity contribution in [2.24, 2.45) is 10.9 Å². The molecule has 0 radical (unpaired) electrons. The number of nitrogens with zero attached hydrogens (tertiary/aromatic N) is 2. The molecule has 2 heterocycles. The zero-order valence-electron chi connectivity index (χ0n) is 14.5. The van der Waals surface area contributed by atoms with E-state index in [1.807, 2.05) is 43.0 Å². The van der Waals surface area contributed by atoms with Gasteiger partial charge >= 0.3 is 0 Å². The maximum atomic E-state index is 12.1. The highest BCUT2D eigenvalue weighted by Crippen LogP contribution is 2.39. The van der Waals surface area contributed by atoms with E-state index in [-0.39, 0.29) is 34.6 Å². The molecule has 0 aromatic heterocycles. The smallest absolute Gasteiger partial charge is 0.250 e. The Balaban J connectivity index is 1.90. The molecule has 0 N–H and O–H groups in total. The summed E-state index contributed by atoms with van der Waals surface area (Å²) in [6.07, 6.45) is 0. The van der Waals surface area contributed by atoms with Crippen LogP contribution in [0.3, 0.4) is 0 Å². The van der Waals surface area contributed by atoms with Crippen LogP contribution in [0.2, 0.25) is 0 Å². The molecule has 0 aliphatic carbocycles. The Bertz CT molecular complexity index is 805. The first kappa shape index (κ1) is 18.3. The summed E-state index contributed by atoms with van der Waals surface area (Å²) in [5.41, 5.74) is 0.995. The Morgan fingerprint density at radius 3 is 2.84 bits per heavy atom. The molecule has 8 heteroatoms. The fraction of sp³-hybridized carbons (Fsp3) is 0.529. The fourth-order valence-corrected chi connectivity index (χ4v) is 6.97. The minimum absolute atomic E-state index is 0.0608. The van der Waals surface area contributed by atoms with E-state index in [0.717, 1.165) is 11.3 Å². The molecule has 1 amide bonds. The summed E-state index contributed by atoms with van der Waals surface area (Å²) < 4.78 is 29.3. The van der Waals surface area contributed by atoms with Crippen molar-refractivity contribution in [2.75, 3.05) is 18.6 Å². The number of thioether (sulfide) groups is 1. The van der Waals surface area contributed by atoms with Gasteiger partial charge in [-0.15, -0.1) is 0 Å². The molecule has 0 spiro atoms. The Kier molecular flexibility index (Phi) is 5.11. The SMILES string of the molecule is COc1cccc(CN2C(=NC(=O)C(C)C)S[C@@H]3CS(=O)(=O)C[C@@H]32)c1. The number of rotatable bonds is 4. The molecule has 6 nitrogen and oxygen atoms in total. The molecule has 0 bridgehead atoms. The average molecular weight is 383 g/mol. The van der Waals surface area contributed by atoms with Crippen molar-refractivity contribution in [2.45, 2.75) is 31.7 Å². The number of aliphatic imine (C=N–C) groups is 1. The minimum Gasteiger partial charge on any atom is -0.497 e. The molecule has 2 aliphatic heterocycles. The summed E-state index contributed by atoms with van der Waals surface area (Å²) in [7, 11) is -1.43. The first-order chi connectivity index (χ1) is 11.8. The fourth-order valence-electron chi connectivity index (χ4n) is 3.01. The second kappa shape index (κ2) is 6.99. The predicted molar refractivity (Wildman–Crippen MR) is 99.6 cm³/mol. The number of carbonyl (C=O) groups is 1. The van der Waals surface area contributed by atoms with Gasteiger partial charge in [-0.25, -0.2) is 8.42 Å². The lowest BCUT2D eigenvalue weighted by Gasteiger charge is -2.24. The molecule has 25 heavy (non-hydrogen) atoms. The summed E-state index contributed by atoms with van der Waals surface area (Å²) in [6, 6.07) is 7.51. The number of sulfone groups is 1. The molecule has 2 aliphatic rings. The number of hydrogen-bond donors (Lipinski definition) is 0. The topological polar surface area (TPSA) is 76.0 Å². The van der Waals surface area contributed by atoms with Crippen molar-refractivity contribution < 1.29 is 17.9 Å². The van der Waals surface area contributed by atoms with E-state index in [1.165, 1.54) is 11.8 Å². The lowest BCUT2D eigenvalue weighted by atomic mass is 10.1. The standard InChI is InChI=1S/C17H22N2O4S2/c1-11(2)16(20)18-17-19(8-12-5-4-6-13(7-12)23-3)14-9-25(21,22)10-15(14)24-17/h4-7,11,14-15H,8-10H2,1-3H3/t14-,15+/m0/s1. The van der Waals surface area contributed by atoms with Gasteiger partial charge in [0.1, 0.15) is 5.75 Å². The number of fused-ring (bicyclic) bond motifs is 1. The highest BCUT2D eigenvalue weighted by molar-refractivity contribution is 8.15. The number of carbonyl (C=O) groups excluding carboxylic acids is 1. The molecule has 0 saturated carbocycles. The molecule has 3 rings (SSSR count). The van der Waals surface area contributed by atoms with Gasteiger partial charge in [-0.2, -0.15) is 4.99 Å². The van der Waals surface area contributed by atoms with E-state index in [1.54, 1.807) is 7.11 Å². The van der Waals surface area contributed by atoms with Crippen molar-refractivity contribution >= 4 is 32.7 Å². The van der Waals surface area contributed by atoms with Crippen molar-refractivity contribution in [1.82, 2.24) is 4.90 Å². The zero-order chi connectivity index (χ0) is 18.2. The molecule has 2 saturated heterocycles. The third-order valence-electron chi connectivity index (χ3n) is 4.36. The molecule has 1 aromatic carbocycles. The number of hydrogen-bond acceptors (Lipinski definition) is 5. The number of ether oxygens (including phenoxy) is 1. The van der Waals surface area contributed by atoms with Gasteiger partial charge in [-0.3, -0.25) is 4.79 Å². The second-order valence-corrected chi connectivity index (χ2v) is 10.0. The molecular weight excluding hydrogens is 360 g/mol. The van der Waals surface area contributed by atoms with Crippen LogP contribution in [-0.4, -0.2) is 54.3 Å². The summed E-state index contributed by atoms with van der Waals surface area (Å²) in [4.78, 5) is 18.3. The lowest BCUT2D eigenvalue weighted by Crippen LogP contribution is -2.37. The van der Waals surface area contributed by atoms with Gasteiger partial charge in [0.05, 0.1) is 24.7 Å². The van der Waals surface area contributed by atoms with Gasteiger partial charge < -0.3 is 9.64 Å². The molecule has 2 fully saturated rings. The highest BCUT2D eigenvalue weighted by atomic mass is 32.2. The van der Waals surface area contributed by atoms with E-state index < -0.39 is 9.84 Å². The number of methoxy groups -OCH3 is 1. The average Bonchev–Trinajstić information content (AvgIpc) is 3.00. The van der Waals surface area contributed by atoms with Crippen molar-refractivity contribution in [3.8, 4) is 5.75 Å². The van der Waals surface area contributed by atoms with E-state index in [0.29, 0.717) is 11.7 Å². The number of benzene rings is 1. The molecule has 136 valence electrons. The van der Waals surface area contributed by atoms with Crippen molar-refractivity contribution in [1.29, 1.82) is 0 Å². The van der Waals surface area contributed by atoms with Gasteiger partial charge in [-0.1, -0.05) is 37.7 Å². The van der Waals surface area contributed by atoms with Gasteiger partial charge in [0.2, 0.25) is 0 Å². The summed E-state index contributed by atoms with van der Waals surface area (Å²) in [6.45, 7) is 4.12. The highest BCUT2D eigenvalue weighted by Gasteiger charge is 2.48. The monoisotopic (exact) mass is 382 g/mol. The number of amides is 1. The summed E-state index contributed by atoms with van der Waals surface area (Å²) in [5.74, 6) is 0.642. The predicted octanol–water partition coefficient (Wildman–Crippen LogP) is 1.95. The van der Waals surface area contributed by atoms with Crippen LogP contribution in [0.25, 0.3) is 0 Å². The van der Waals surface area contributed by atoms with Gasteiger partial charge in [0.15, 0.2) is 15.0 Å². The first-order valence-corrected chi connectivity index (χ1v) is 10.9. The second-order valence-electron chi connectivity index (χ2n) is 6.67. The largest absolute Gasteiger partial charge is 0.497 e. The van der Waals surface area contributed by atoms with Crippen LogP contribution in [0.15, 0.2) is 29.3 Å². The quantitative estimate of drug-likeness (QED) is 0.792. The van der Waals surface area contributed by atoms with E-state index in [9.17, 15) is 13.2 Å². The van der Waals surface area contributed by atoms with Gasteiger partial charge in [-0.05, 0) is 17.7 Å². The minimum atomic E-state index is -3.04. The molecular formula is C17H22N2O4S2. The number of amidine groups is 1. The first-order valence-electron chi connectivity index (χ1n) is 8.18. The third-order valence-corrected chi connectivity index (χ3v) is 7.61. The van der Waals surface area contributed by atoms with Crippen LogP contribution in [0.4, 0.5) is 0 Å². The van der Waals surface area contributed by atoms with E-state index in [2.05, 4.69) is 4.99 Å². The summed E-state index contributed by atoms with van der Waals surface area (Å²) in [5, 5.41) is 0.570. The Labute approximate surface area is 152 Å². The Hall–Kier alpha value is -1.54. The van der Waals surface area contributed by atoms with Gasteiger partial charge in [0.25, 0.3) is 5.91 Å². The normalized spacial score (nSPS) is 26.2. The van der Waals surface area contributed by atoms with Crippen LogP contribution in [-0.2, 0) is 21.2 Å². The molecule has 0 unspecified atom stereocenters. The Morgan fingerprint density at radius 1 is 1.40 bits per heavy atom. The zero-order valence-corrected chi connectivity index (χ0v) is 16.1. The van der Waals surface area contributed by atoms with Crippen LogP contribution in [0.1, 0.15) is 19.4 Å². The van der Waals surface area contributed by atoms with E-state index >= 15 is 0 Å². The lowest BCUT2D eigenvalue weighted by molar-refractivity contribution is -0.120. The molecule has 2 atom stereocenters. The maximum Gasteiger partial charge on any atom is 0.250 e. The maximum absolute atomic E-state index is 12.1. The van der Waals surface area contributed by atoms with Crippen LogP contribution in [0.5, 0.6) is 5.75 Å². The third kappa shape index (κ3) is 4.00. The van der Waals surface area contributed by atoms with Crippen LogP contribution < -0.4 is 4.74 Å². The van der Waals surface area contributed by atoms with Crippen LogP contribution in [0, 0.1) is 5.92 Å². The van der Waals surface area contributed by atoms with Gasteiger partial charge in [0, 0.05) is 17.7 Å². The van der Waals surface area contributed by atoms with Crippen molar-refractivity contribution in [3.05, 3.63) is 29.8 Å². The van der Waals surface area contributed by atoms with Crippen LogP contribution >= 0.6 is 11.8 Å². The summed E-state index contributed by atoms with van der Waals surface area (Å²) >= 11 is 1.41.